The quantitative estimate of drug-likeness (QED) is 0.884. The summed E-state index contributed by atoms with van der Waals surface area (Å²) in [5.41, 5.74) is 1.73. The maximum absolute atomic E-state index is 13.8. The number of hydrogen-bond acceptors (Lipinski definition) is 3. The van der Waals surface area contributed by atoms with Crippen molar-refractivity contribution in [3.8, 4) is 0 Å². The van der Waals surface area contributed by atoms with Gasteiger partial charge in [-0.25, -0.2) is 12.8 Å². The molecular formula is C17H16ClFN2O3S. The summed E-state index contributed by atoms with van der Waals surface area (Å²) in [5, 5.41) is 2.74. The van der Waals surface area contributed by atoms with E-state index in [0.717, 1.165) is 17.9 Å². The van der Waals surface area contributed by atoms with Crippen LogP contribution in [0.1, 0.15) is 22.3 Å². The highest BCUT2D eigenvalue weighted by Crippen LogP contribution is 2.30. The van der Waals surface area contributed by atoms with E-state index in [4.69, 9.17) is 11.6 Å². The first-order valence-electron chi connectivity index (χ1n) is 7.63. The molecule has 1 amide bonds. The van der Waals surface area contributed by atoms with E-state index in [1.807, 2.05) is 0 Å². The molecule has 132 valence electrons. The summed E-state index contributed by atoms with van der Waals surface area (Å²) in [4.78, 5) is 12.4. The van der Waals surface area contributed by atoms with E-state index in [0.29, 0.717) is 30.6 Å². The topological polar surface area (TPSA) is 66.5 Å². The molecule has 1 aliphatic rings. The van der Waals surface area contributed by atoms with E-state index < -0.39 is 21.7 Å². The van der Waals surface area contributed by atoms with Crippen LogP contribution in [-0.4, -0.2) is 27.1 Å². The molecule has 0 bridgehead atoms. The number of halogens is 2. The Labute approximate surface area is 150 Å². The van der Waals surface area contributed by atoms with Crippen molar-refractivity contribution in [2.24, 2.45) is 0 Å². The number of sulfonamides is 1. The number of aryl methyl sites for hydroxylation is 1. The van der Waals surface area contributed by atoms with Crippen LogP contribution in [0.25, 0.3) is 0 Å². The Morgan fingerprint density at radius 2 is 2.00 bits per heavy atom. The standard InChI is InChI=1S/C17H16ClFN2O3S/c1-25(23,24)21-8-2-3-11-9-12(4-7-16(11)21)17(22)20-15-6-5-13(18)10-14(15)19/h4-7,9-10H,2-3,8H2,1H3,(H,20,22). The maximum Gasteiger partial charge on any atom is 0.255 e. The van der Waals surface area contributed by atoms with Crippen LogP contribution >= 0.6 is 11.6 Å². The van der Waals surface area contributed by atoms with Gasteiger partial charge in [0, 0.05) is 17.1 Å². The van der Waals surface area contributed by atoms with Gasteiger partial charge in [-0.1, -0.05) is 11.6 Å². The number of nitrogens with one attached hydrogen (secondary N) is 1. The Kier molecular flexibility index (Phi) is 4.71. The van der Waals surface area contributed by atoms with Gasteiger partial charge in [-0.05, 0) is 54.8 Å². The van der Waals surface area contributed by atoms with E-state index in [-0.39, 0.29) is 10.7 Å². The third-order valence-corrected chi connectivity index (χ3v) is 5.41. The number of carbonyl (C=O) groups excluding carboxylic acids is 1. The van der Waals surface area contributed by atoms with E-state index in [2.05, 4.69) is 5.32 Å². The molecule has 0 radical (unpaired) electrons. The molecule has 0 atom stereocenters. The fraction of sp³-hybridized carbons (Fsp3) is 0.235. The lowest BCUT2D eigenvalue weighted by Gasteiger charge is -2.29. The molecule has 0 saturated carbocycles. The van der Waals surface area contributed by atoms with Crippen molar-refractivity contribution < 1.29 is 17.6 Å². The average molecular weight is 383 g/mol. The zero-order valence-corrected chi connectivity index (χ0v) is 15.0. The van der Waals surface area contributed by atoms with Gasteiger partial charge in [-0.2, -0.15) is 0 Å². The second-order valence-corrected chi connectivity index (χ2v) is 8.20. The molecule has 2 aromatic rings. The monoisotopic (exact) mass is 382 g/mol. The van der Waals surface area contributed by atoms with Crippen molar-refractivity contribution in [3.05, 3.63) is 58.4 Å². The third-order valence-electron chi connectivity index (χ3n) is 4.00. The highest BCUT2D eigenvalue weighted by atomic mass is 35.5. The second-order valence-electron chi connectivity index (χ2n) is 5.86. The van der Waals surface area contributed by atoms with Crippen molar-refractivity contribution in [2.75, 3.05) is 22.4 Å². The van der Waals surface area contributed by atoms with Crippen LogP contribution in [-0.2, 0) is 16.4 Å². The highest BCUT2D eigenvalue weighted by Gasteiger charge is 2.24. The van der Waals surface area contributed by atoms with Gasteiger partial charge in [0.2, 0.25) is 10.0 Å². The van der Waals surface area contributed by atoms with Gasteiger partial charge in [0.1, 0.15) is 5.82 Å². The number of rotatable bonds is 3. The molecule has 1 heterocycles. The average Bonchev–Trinajstić information content (AvgIpc) is 2.55. The van der Waals surface area contributed by atoms with Gasteiger partial charge in [0.15, 0.2) is 0 Å². The molecule has 1 aliphatic heterocycles. The van der Waals surface area contributed by atoms with Gasteiger partial charge in [0.25, 0.3) is 5.91 Å². The normalized spacial score (nSPS) is 14.1. The lowest BCUT2D eigenvalue weighted by molar-refractivity contribution is 0.102. The molecule has 0 aliphatic carbocycles. The molecule has 2 aromatic carbocycles. The molecule has 0 unspecified atom stereocenters. The molecule has 25 heavy (non-hydrogen) atoms. The van der Waals surface area contributed by atoms with Crippen LogP contribution in [0.3, 0.4) is 0 Å². The number of benzene rings is 2. The smallest absolute Gasteiger partial charge is 0.255 e. The molecule has 0 aromatic heterocycles. The van der Waals surface area contributed by atoms with E-state index in [1.54, 1.807) is 12.1 Å². The predicted molar refractivity (Wildman–Crippen MR) is 96.3 cm³/mol. The van der Waals surface area contributed by atoms with Crippen LogP contribution in [0.2, 0.25) is 5.02 Å². The van der Waals surface area contributed by atoms with Crippen molar-refractivity contribution in [1.82, 2.24) is 0 Å². The minimum Gasteiger partial charge on any atom is -0.319 e. The van der Waals surface area contributed by atoms with Crippen LogP contribution < -0.4 is 9.62 Å². The largest absolute Gasteiger partial charge is 0.319 e. The summed E-state index contributed by atoms with van der Waals surface area (Å²) in [5.74, 6) is -1.09. The zero-order chi connectivity index (χ0) is 18.2. The second kappa shape index (κ2) is 6.65. The van der Waals surface area contributed by atoms with Gasteiger partial charge >= 0.3 is 0 Å². The maximum atomic E-state index is 13.8. The lowest BCUT2D eigenvalue weighted by Crippen LogP contribution is -2.34. The number of carbonyl (C=O) groups is 1. The number of amides is 1. The molecule has 5 nitrogen and oxygen atoms in total. The summed E-state index contributed by atoms with van der Waals surface area (Å²) >= 11 is 5.69. The molecule has 0 spiro atoms. The van der Waals surface area contributed by atoms with Crippen LogP contribution in [0.5, 0.6) is 0 Å². The molecule has 1 N–H and O–H groups in total. The van der Waals surface area contributed by atoms with E-state index >= 15 is 0 Å². The number of nitrogens with zero attached hydrogens (tertiary/aromatic N) is 1. The van der Waals surface area contributed by atoms with Crippen molar-refractivity contribution >= 4 is 38.9 Å². The summed E-state index contributed by atoms with van der Waals surface area (Å²) in [6, 6.07) is 8.79. The Bertz CT molecular complexity index is 947. The molecule has 0 saturated heterocycles. The Hall–Kier alpha value is -2.12. The zero-order valence-electron chi connectivity index (χ0n) is 13.4. The predicted octanol–water partition coefficient (Wildman–Crippen LogP) is 3.44. The summed E-state index contributed by atoms with van der Waals surface area (Å²) in [7, 11) is -3.36. The molecule has 3 rings (SSSR count). The highest BCUT2D eigenvalue weighted by molar-refractivity contribution is 7.92. The van der Waals surface area contributed by atoms with Crippen LogP contribution in [0, 0.1) is 5.82 Å². The van der Waals surface area contributed by atoms with Crippen LogP contribution in [0.15, 0.2) is 36.4 Å². The van der Waals surface area contributed by atoms with Gasteiger partial charge < -0.3 is 5.32 Å². The van der Waals surface area contributed by atoms with Gasteiger partial charge in [0.05, 0.1) is 17.6 Å². The van der Waals surface area contributed by atoms with Crippen molar-refractivity contribution in [3.63, 3.8) is 0 Å². The van der Waals surface area contributed by atoms with E-state index in [9.17, 15) is 17.6 Å². The number of hydrogen-bond donors (Lipinski definition) is 1. The van der Waals surface area contributed by atoms with Gasteiger partial charge in [-0.3, -0.25) is 9.10 Å². The molecule has 8 heteroatoms. The minimum atomic E-state index is -3.36. The third kappa shape index (κ3) is 3.77. The Morgan fingerprint density at radius 1 is 1.24 bits per heavy atom. The van der Waals surface area contributed by atoms with E-state index in [1.165, 1.54) is 22.5 Å². The lowest BCUT2D eigenvalue weighted by atomic mass is 10.0. The van der Waals surface area contributed by atoms with Crippen molar-refractivity contribution in [1.29, 1.82) is 0 Å². The molecular weight excluding hydrogens is 367 g/mol. The fourth-order valence-electron chi connectivity index (χ4n) is 2.83. The van der Waals surface area contributed by atoms with Gasteiger partial charge in [-0.15, -0.1) is 0 Å². The fourth-order valence-corrected chi connectivity index (χ4v) is 3.99. The Morgan fingerprint density at radius 3 is 2.68 bits per heavy atom. The molecule has 0 fully saturated rings. The summed E-state index contributed by atoms with van der Waals surface area (Å²) < 4.78 is 38.9. The summed E-state index contributed by atoms with van der Waals surface area (Å²) in [6.45, 7) is 0.424. The number of fused-ring (bicyclic) bond motifs is 1. The number of anilines is 2. The van der Waals surface area contributed by atoms with Crippen LogP contribution in [0.4, 0.5) is 15.8 Å². The van der Waals surface area contributed by atoms with Crippen molar-refractivity contribution in [2.45, 2.75) is 12.8 Å². The first-order chi connectivity index (χ1) is 11.8. The first kappa shape index (κ1) is 17.7. The Balaban J connectivity index is 1.88. The summed E-state index contributed by atoms with van der Waals surface area (Å²) in [6.07, 6.45) is 2.51. The SMILES string of the molecule is CS(=O)(=O)N1CCCc2cc(C(=O)Nc3ccc(Cl)cc3F)ccc21. The first-order valence-corrected chi connectivity index (χ1v) is 9.85. The minimum absolute atomic E-state index is 0.0323.